The van der Waals surface area contributed by atoms with Gasteiger partial charge in [-0.05, 0) is 48.9 Å². The number of fused-ring (bicyclic) bond motifs is 1. The van der Waals surface area contributed by atoms with Gasteiger partial charge < -0.3 is 10.4 Å². The molecule has 1 aromatic heterocycles. The van der Waals surface area contributed by atoms with E-state index in [1.54, 1.807) is 0 Å². The molecule has 0 radical (unpaired) electrons. The number of carbonyl (C=O) groups is 1. The molecular weight excluding hydrogens is 278 g/mol. The van der Waals surface area contributed by atoms with Crippen LogP contribution >= 0.6 is 0 Å². The summed E-state index contributed by atoms with van der Waals surface area (Å²) in [4.78, 5) is 10.9. The Kier molecular flexibility index (Phi) is 3.13. The van der Waals surface area contributed by atoms with E-state index in [1.165, 1.54) is 12.1 Å². The third kappa shape index (κ3) is 2.47. The van der Waals surface area contributed by atoms with Crippen molar-refractivity contribution in [3.63, 3.8) is 0 Å². The van der Waals surface area contributed by atoms with Crippen LogP contribution < -0.4 is 5.32 Å². The highest BCUT2D eigenvalue weighted by atomic mass is 16.4. The molecule has 22 heavy (non-hydrogen) atoms. The van der Waals surface area contributed by atoms with Gasteiger partial charge in [-0.15, -0.1) is 0 Å². The SMILES string of the molecule is O=C(O)[C@@H]1C[C@H]1c1ccc(NCc2cc3n(n2)CCC3)cc1. The van der Waals surface area contributed by atoms with E-state index >= 15 is 0 Å². The van der Waals surface area contributed by atoms with Gasteiger partial charge in [0, 0.05) is 17.9 Å². The molecule has 0 unspecified atom stereocenters. The summed E-state index contributed by atoms with van der Waals surface area (Å²) in [7, 11) is 0. The van der Waals surface area contributed by atoms with Gasteiger partial charge in [0.25, 0.3) is 0 Å². The van der Waals surface area contributed by atoms with Crippen LogP contribution in [0.3, 0.4) is 0 Å². The van der Waals surface area contributed by atoms with Gasteiger partial charge in [0.2, 0.25) is 0 Å². The minimum atomic E-state index is -0.681. The van der Waals surface area contributed by atoms with Crippen molar-refractivity contribution in [2.45, 2.75) is 38.3 Å². The topological polar surface area (TPSA) is 67.2 Å². The quantitative estimate of drug-likeness (QED) is 0.890. The predicted molar refractivity (Wildman–Crippen MR) is 82.8 cm³/mol. The Labute approximate surface area is 129 Å². The van der Waals surface area contributed by atoms with Gasteiger partial charge in [-0.25, -0.2) is 0 Å². The van der Waals surface area contributed by atoms with Gasteiger partial charge >= 0.3 is 5.97 Å². The summed E-state index contributed by atoms with van der Waals surface area (Å²) < 4.78 is 2.10. The first-order valence-electron chi connectivity index (χ1n) is 7.83. The van der Waals surface area contributed by atoms with Crippen LogP contribution in [0.2, 0.25) is 0 Å². The number of hydrogen-bond donors (Lipinski definition) is 2. The van der Waals surface area contributed by atoms with Crippen molar-refractivity contribution in [2.75, 3.05) is 5.32 Å². The third-order valence-electron chi connectivity index (χ3n) is 4.64. The zero-order valence-corrected chi connectivity index (χ0v) is 12.3. The summed E-state index contributed by atoms with van der Waals surface area (Å²) >= 11 is 0. The molecule has 0 amide bonds. The Hall–Kier alpha value is -2.30. The van der Waals surface area contributed by atoms with Crippen LogP contribution in [0.1, 0.15) is 35.7 Å². The monoisotopic (exact) mass is 297 g/mol. The van der Waals surface area contributed by atoms with Crippen molar-refractivity contribution in [3.8, 4) is 0 Å². The summed E-state index contributed by atoms with van der Waals surface area (Å²) in [6, 6.07) is 10.3. The normalized spacial score (nSPS) is 22.4. The number of carboxylic acid groups (broad SMARTS) is 1. The lowest BCUT2D eigenvalue weighted by molar-refractivity contribution is -0.138. The molecule has 0 bridgehead atoms. The highest BCUT2D eigenvalue weighted by Gasteiger charge is 2.43. The van der Waals surface area contributed by atoms with Crippen molar-refractivity contribution in [1.29, 1.82) is 0 Å². The van der Waals surface area contributed by atoms with Crippen molar-refractivity contribution in [3.05, 3.63) is 47.3 Å². The predicted octanol–water partition coefficient (Wildman–Crippen LogP) is 2.63. The Morgan fingerprint density at radius 1 is 1.36 bits per heavy atom. The fraction of sp³-hybridized carbons (Fsp3) is 0.412. The Bertz CT molecular complexity index is 684. The number of benzene rings is 1. The first-order valence-corrected chi connectivity index (χ1v) is 7.83. The zero-order valence-electron chi connectivity index (χ0n) is 12.3. The fourth-order valence-electron chi connectivity index (χ4n) is 3.28. The van der Waals surface area contributed by atoms with E-state index in [0.717, 1.165) is 42.9 Å². The molecule has 0 saturated heterocycles. The largest absolute Gasteiger partial charge is 0.481 e. The average molecular weight is 297 g/mol. The molecule has 1 aliphatic carbocycles. The highest BCUT2D eigenvalue weighted by molar-refractivity contribution is 5.75. The maximum Gasteiger partial charge on any atom is 0.307 e. The van der Waals surface area contributed by atoms with Crippen LogP contribution in [0.25, 0.3) is 0 Å². The molecule has 1 aliphatic heterocycles. The molecule has 1 fully saturated rings. The number of aliphatic carboxylic acids is 1. The van der Waals surface area contributed by atoms with E-state index < -0.39 is 5.97 Å². The number of nitrogens with zero attached hydrogens (tertiary/aromatic N) is 2. The standard InChI is InChI=1S/C17H19N3O2/c21-17(22)16-9-15(16)11-3-5-12(6-4-11)18-10-13-8-14-2-1-7-20(14)19-13/h3-6,8,15-16,18H,1-2,7,9-10H2,(H,21,22)/t15-,16+/m0/s1. The zero-order chi connectivity index (χ0) is 15.1. The molecule has 1 saturated carbocycles. The van der Waals surface area contributed by atoms with Crippen molar-refractivity contribution in [1.82, 2.24) is 9.78 Å². The Morgan fingerprint density at radius 2 is 2.18 bits per heavy atom. The summed E-state index contributed by atoms with van der Waals surface area (Å²) in [5, 5.41) is 16.9. The van der Waals surface area contributed by atoms with E-state index in [2.05, 4.69) is 21.2 Å². The second-order valence-corrected chi connectivity index (χ2v) is 6.22. The lowest BCUT2D eigenvalue weighted by Crippen LogP contribution is -2.02. The van der Waals surface area contributed by atoms with Crippen molar-refractivity contribution >= 4 is 11.7 Å². The average Bonchev–Trinajstić information content (AvgIpc) is 3.05. The first-order chi connectivity index (χ1) is 10.7. The van der Waals surface area contributed by atoms with Crippen LogP contribution in [-0.4, -0.2) is 20.9 Å². The summed E-state index contributed by atoms with van der Waals surface area (Å²) in [6.07, 6.45) is 3.10. The van der Waals surface area contributed by atoms with E-state index in [4.69, 9.17) is 5.11 Å². The van der Waals surface area contributed by atoms with Gasteiger partial charge in [-0.1, -0.05) is 12.1 Å². The van der Waals surface area contributed by atoms with Crippen LogP contribution in [0.4, 0.5) is 5.69 Å². The van der Waals surface area contributed by atoms with Crippen LogP contribution in [0.15, 0.2) is 30.3 Å². The van der Waals surface area contributed by atoms with E-state index in [9.17, 15) is 4.79 Å². The molecule has 2 atom stereocenters. The molecule has 0 spiro atoms. The molecule has 2 aliphatic rings. The minimum Gasteiger partial charge on any atom is -0.481 e. The number of aryl methyl sites for hydroxylation is 2. The number of carboxylic acids is 1. The first kappa shape index (κ1) is 13.4. The second kappa shape index (κ2) is 5.16. The number of aromatic nitrogens is 2. The lowest BCUT2D eigenvalue weighted by atomic mass is 10.1. The fourth-order valence-corrected chi connectivity index (χ4v) is 3.28. The molecule has 114 valence electrons. The summed E-state index contributed by atoms with van der Waals surface area (Å²) in [5.41, 5.74) is 4.58. The van der Waals surface area contributed by atoms with Gasteiger partial charge in [-0.3, -0.25) is 9.48 Å². The smallest absolute Gasteiger partial charge is 0.307 e. The van der Waals surface area contributed by atoms with Crippen molar-refractivity contribution < 1.29 is 9.90 Å². The van der Waals surface area contributed by atoms with Gasteiger partial charge in [0.05, 0.1) is 18.2 Å². The van der Waals surface area contributed by atoms with E-state index in [0.29, 0.717) is 0 Å². The highest BCUT2D eigenvalue weighted by Crippen LogP contribution is 2.47. The van der Waals surface area contributed by atoms with E-state index in [1.807, 2.05) is 24.3 Å². The number of hydrogen-bond acceptors (Lipinski definition) is 3. The second-order valence-electron chi connectivity index (χ2n) is 6.22. The summed E-state index contributed by atoms with van der Waals surface area (Å²) in [6.45, 7) is 1.76. The van der Waals surface area contributed by atoms with Crippen LogP contribution in [-0.2, 0) is 24.3 Å². The Morgan fingerprint density at radius 3 is 2.86 bits per heavy atom. The van der Waals surface area contributed by atoms with Crippen LogP contribution in [0.5, 0.6) is 0 Å². The number of rotatable bonds is 5. The number of nitrogens with one attached hydrogen (secondary N) is 1. The molecule has 4 rings (SSSR count). The number of anilines is 1. The molecule has 2 heterocycles. The molecule has 2 N–H and O–H groups in total. The molecule has 2 aromatic rings. The van der Waals surface area contributed by atoms with Gasteiger partial charge in [0.1, 0.15) is 0 Å². The van der Waals surface area contributed by atoms with Crippen molar-refractivity contribution in [2.24, 2.45) is 5.92 Å². The third-order valence-corrected chi connectivity index (χ3v) is 4.64. The minimum absolute atomic E-state index is 0.188. The molecule has 5 heteroatoms. The maximum atomic E-state index is 10.9. The van der Waals surface area contributed by atoms with Crippen LogP contribution in [0, 0.1) is 5.92 Å². The Balaban J connectivity index is 1.36. The summed E-state index contributed by atoms with van der Waals surface area (Å²) in [5.74, 6) is -0.672. The van der Waals surface area contributed by atoms with Gasteiger partial charge in [-0.2, -0.15) is 5.10 Å². The maximum absolute atomic E-state index is 10.9. The lowest BCUT2D eigenvalue weighted by Gasteiger charge is -2.06. The van der Waals surface area contributed by atoms with E-state index in [-0.39, 0.29) is 11.8 Å². The molecule has 5 nitrogen and oxygen atoms in total. The molecule has 1 aromatic carbocycles. The van der Waals surface area contributed by atoms with Gasteiger partial charge in [0.15, 0.2) is 0 Å². The molecular formula is C17H19N3O2.